The maximum Gasteiger partial charge on any atom is 0.326 e. The summed E-state index contributed by atoms with van der Waals surface area (Å²) >= 11 is 17.2. The van der Waals surface area contributed by atoms with Crippen LogP contribution in [0.5, 0.6) is 0 Å². The van der Waals surface area contributed by atoms with Crippen LogP contribution in [0.1, 0.15) is 10.4 Å². The topological polar surface area (TPSA) is 71.1 Å². The maximum absolute atomic E-state index is 11.9. The highest BCUT2D eigenvalue weighted by atomic mass is 35.5. The summed E-state index contributed by atoms with van der Waals surface area (Å²) in [4.78, 5) is 27.3. The standard InChI is InChI=1S/C13H8Cl3N3O2/c14-7-1-3-9(4-2-7)18-13(21)19-12(20)10-5-8(15)6-17-11(10)16/h1-6H,(H2,18,19,20,21). The highest BCUT2D eigenvalue weighted by molar-refractivity contribution is 6.35. The van der Waals surface area contributed by atoms with Gasteiger partial charge in [0.1, 0.15) is 5.15 Å². The van der Waals surface area contributed by atoms with Gasteiger partial charge in [0, 0.05) is 16.9 Å². The number of carbonyl (C=O) groups excluding carboxylic acids is 2. The average molecular weight is 345 g/mol. The smallest absolute Gasteiger partial charge is 0.308 e. The van der Waals surface area contributed by atoms with Crippen molar-refractivity contribution in [1.29, 1.82) is 0 Å². The Bertz CT molecular complexity index is 690. The molecule has 0 aliphatic carbocycles. The van der Waals surface area contributed by atoms with Gasteiger partial charge in [0.2, 0.25) is 0 Å². The van der Waals surface area contributed by atoms with Crippen LogP contribution >= 0.6 is 34.8 Å². The van der Waals surface area contributed by atoms with Gasteiger partial charge in [-0.2, -0.15) is 0 Å². The molecular formula is C13H8Cl3N3O2. The molecule has 1 aromatic carbocycles. The van der Waals surface area contributed by atoms with E-state index in [-0.39, 0.29) is 15.7 Å². The van der Waals surface area contributed by atoms with Crippen molar-refractivity contribution < 1.29 is 9.59 Å². The van der Waals surface area contributed by atoms with Crippen molar-refractivity contribution in [3.05, 3.63) is 57.3 Å². The molecular weight excluding hydrogens is 337 g/mol. The molecule has 1 aromatic heterocycles. The molecule has 21 heavy (non-hydrogen) atoms. The van der Waals surface area contributed by atoms with E-state index in [1.807, 2.05) is 0 Å². The third-order valence-electron chi connectivity index (χ3n) is 2.38. The molecule has 0 spiro atoms. The molecule has 2 N–H and O–H groups in total. The summed E-state index contributed by atoms with van der Waals surface area (Å²) in [6.45, 7) is 0. The lowest BCUT2D eigenvalue weighted by Crippen LogP contribution is -2.34. The van der Waals surface area contributed by atoms with E-state index >= 15 is 0 Å². The molecule has 2 rings (SSSR count). The second kappa shape index (κ2) is 6.76. The third kappa shape index (κ3) is 4.32. The van der Waals surface area contributed by atoms with Crippen LogP contribution in [0.4, 0.5) is 10.5 Å². The van der Waals surface area contributed by atoms with Crippen molar-refractivity contribution in [3.63, 3.8) is 0 Å². The number of pyridine rings is 1. The Balaban J connectivity index is 2.03. The van der Waals surface area contributed by atoms with E-state index in [1.165, 1.54) is 12.3 Å². The number of benzene rings is 1. The molecule has 0 aliphatic rings. The summed E-state index contributed by atoms with van der Waals surface area (Å²) in [5.74, 6) is -0.707. The van der Waals surface area contributed by atoms with Crippen molar-refractivity contribution in [2.75, 3.05) is 5.32 Å². The predicted molar refractivity (Wildman–Crippen MR) is 82.2 cm³/mol. The summed E-state index contributed by atoms with van der Waals surface area (Å²) in [6.07, 6.45) is 1.30. The van der Waals surface area contributed by atoms with E-state index in [0.717, 1.165) is 0 Å². The fraction of sp³-hybridized carbons (Fsp3) is 0. The molecule has 0 unspecified atom stereocenters. The van der Waals surface area contributed by atoms with Crippen LogP contribution in [0.2, 0.25) is 15.2 Å². The van der Waals surface area contributed by atoms with Crippen molar-refractivity contribution >= 4 is 52.4 Å². The van der Waals surface area contributed by atoms with Crippen molar-refractivity contribution in [1.82, 2.24) is 10.3 Å². The van der Waals surface area contributed by atoms with E-state index in [2.05, 4.69) is 15.6 Å². The van der Waals surface area contributed by atoms with Crippen LogP contribution in [0.15, 0.2) is 36.5 Å². The monoisotopic (exact) mass is 343 g/mol. The lowest BCUT2D eigenvalue weighted by atomic mass is 10.2. The Morgan fingerprint density at radius 1 is 1.00 bits per heavy atom. The van der Waals surface area contributed by atoms with Gasteiger partial charge in [0.25, 0.3) is 5.91 Å². The molecule has 0 fully saturated rings. The number of nitrogens with one attached hydrogen (secondary N) is 2. The van der Waals surface area contributed by atoms with Gasteiger partial charge < -0.3 is 5.32 Å². The number of hydrogen-bond donors (Lipinski definition) is 2. The second-order valence-electron chi connectivity index (χ2n) is 3.91. The minimum absolute atomic E-state index is 0.00965. The zero-order chi connectivity index (χ0) is 15.4. The number of imide groups is 1. The van der Waals surface area contributed by atoms with Crippen LogP contribution in [-0.4, -0.2) is 16.9 Å². The molecule has 0 aliphatic heterocycles. The fourth-order valence-corrected chi connectivity index (χ4v) is 1.92. The van der Waals surface area contributed by atoms with E-state index in [9.17, 15) is 9.59 Å². The van der Waals surface area contributed by atoms with Crippen LogP contribution in [0, 0.1) is 0 Å². The first-order valence-corrected chi connectivity index (χ1v) is 6.78. The van der Waals surface area contributed by atoms with Gasteiger partial charge in [-0.25, -0.2) is 9.78 Å². The summed E-state index contributed by atoms with van der Waals surface area (Å²) < 4.78 is 0. The molecule has 108 valence electrons. The Hall–Kier alpha value is -1.82. The summed E-state index contributed by atoms with van der Waals surface area (Å²) in [6, 6.07) is 7.02. The summed E-state index contributed by atoms with van der Waals surface area (Å²) in [5, 5.41) is 5.33. The van der Waals surface area contributed by atoms with Gasteiger partial charge in [0.05, 0.1) is 10.6 Å². The number of rotatable bonds is 2. The molecule has 0 bridgehead atoms. The number of urea groups is 1. The van der Waals surface area contributed by atoms with E-state index in [4.69, 9.17) is 34.8 Å². The van der Waals surface area contributed by atoms with Gasteiger partial charge in [-0.1, -0.05) is 34.8 Å². The van der Waals surface area contributed by atoms with Crippen LogP contribution < -0.4 is 10.6 Å². The zero-order valence-corrected chi connectivity index (χ0v) is 12.6. The first-order valence-electron chi connectivity index (χ1n) is 5.64. The van der Waals surface area contributed by atoms with Gasteiger partial charge in [0.15, 0.2) is 0 Å². The molecule has 0 saturated heterocycles. The average Bonchev–Trinajstić information content (AvgIpc) is 2.44. The Kier molecular flexibility index (Phi) is 5.01. The van der Waals surface area contributed by atoms with E-state index in [1.54, 1.807) is 24.3 Å². The number of aromatic nitrogens is 1. The largest absolute Gasteiger partial charge is 0.326 e. The van der Waals surface area contributed by atoms with E-state index in [0.29, 0.717) is 10.7 Å². The SMILES string of the molecule is O=C(NC(=O)c1cc(Cl)cnc1Cl)Nc1ccc(Cl)cc1. The number of halogens is 3. The fourth-order valence-electron chi connectivity index (χ4n) is 1.45. The quantitative estimate of drug-likeness (QED) is 0.809. The van der Waals surface area contributed by atoms with Gasteiger partial charge in [-0.05, 0) is 30.3 Å². The zero-order valence-electron chi connectivity index (χ0n) is 10.4. The Morgan fingerprint density at radius 3 is 2.33 bits per heavy atom. The maximum atomic E-state index is 11.9. The molecule has 1 heterocycles. The van der Waals surface area contributed by atoms with Crippen molar-refractivity contribution in [3.8, 4) is 0 Å². The Morgan fingerprint density at radius 2 is 1.67 bits per heavy atom. The van der Waals surface area contributed by atoms with Crippen LogP contribution in [0.25, 0.3) is 0 Å². The minimum atomic E-state index is -0.710. The predicted octanol–water partition coefficient (Wildman–Crippen LogP) is 4.00. The van der Waals surface area contributed by atoms with Crippen molar-refractivity contribution in [2.45, 2.75) is 0 Å². The van der Waals surface area contributed by atoms with Gasteiger partial charge >= 0.3 is 6.03 Å². The first kappa shape index (κ1) is 15.6. The van der Waals surface area contributed by atoms with Gasteiger partial charge in [-0.15, -0.1) is 0 Å². The first-order chi connectivity index (χ1) is 9.95. The molecule has 0 atom stereocenters. The molecule has 2 aromatic rings. The normalized spacial score (nSPS) is 10.0. The van der Waals surface area contributed by atoms with Crippen molar-refractivity contribution in [2.24, 2.45) is 0 Å². The number of carbonyl (C=O) groups is 2. The summed E-state index contributed by atoms with van der Waals surface area (Å²) in [7, 11) is 0. The Labute approximate surface area is 135 Å². The molecule has 0 saturated carbocycles. The van der Waals surface area contributed by atoms with Crippen LogP contribution in [0.3, 0.4) is 0 Å². The number of hydrogen-bond acceptors (Lipinski definition) is 3. The molecule has 5 nitrogen and oxygen atoms in total. The third-order valence-corrected chi connectivity index (χ3v) is 3.14. The number of anilines is 1. The molecule has 8 heteroatoms. The van der Waals surface area contributed by atoms with Gasteiger partial charge in [-0.3, -0.25) is 10.1 Å². The minimum Gasteiger partial charge on any atom is -0.308 e. The lowest BCUT2D eigenvalue weighted by molar-refractivity contribution is 0.0967. The highest BCUT2D eigenvalue weighted by Crippen LogP contribution is 2.17. The number of amides is 3. The number of nitrogens with zero attached hydrogens (tertiary/aromatic N) is 1. The summed E-state index contributed by atoms with van der Waals surface area (Å²) in [5.41, 5.74) is 0.496. The second-order valence-corrected chi connectivity index (χ2v) is 5.14. The van der Waals surface area contributed by atoms with Crippen LogP contribution in [-0.2, 0) is 0 Å². The highest BCUT2D eigenvalue weighted by Gasteiger charge is 2.15. The molecule has 0 radical (unpaired) electrons. The lowest BCUT2D eigenvalue weighted by Gasteiger charge is -2.07. The molecule has 3 amide bonds. The van der Waals surface area contributed by atoms with E-state index < -0.39 is 11.9 Å².